The molecule has 3 aromatic rings. The van der Waals surface area contributed by atoms with Gasteiger partial charge in [0.15, 0.2) is 6.61 Å². The molecule has 0 aromatic carbocycles. The molecule has 0 radical (unpaired) electrons. The third-order valence-electron chi connectivity index (χ3n) is 6.84. The lowest BCUT2D eigenvalue weighted by Gasteiger charge is -2.41. The Kier molecular flexibility index (Phi) is 9.48. The highest BCUT2D eigenvalue weighted by molar-refractivity contribution is 7.15. The Hall–Kier alpha value is -3.84. The molecule has 40 heavy (non-hydrogen) atoms. The van der Waals surface area contributed by atoms with Crippen molar-refractivity contribution in [2.45, 2.75) is 57.5 Å². The molecule has 0 aliphatic heterocycles. The highest BCUT2D eigenvalue weighted by Crippen LogP contribution is 2.43. The van der Waals surface area contributed by atoms with Gasteiger partial charge in [0.1, 0.15) is 28.1 Å². The van der Waals surface area contributed by atoms with Crippen LogP contribution < -0.4 is 16.4 Å². The van der Waals surface area contributed by atoms with E-state index in [9.17, 15) is 18.8 Å². The van der Waals surface area contributed by atoms with Crippen molar-refractivity contribution in [2.24, 2.45) is 11.7 Å². The Morgan fingerprint density at radius 3 is 2.62 bits per heavy atom. The number of ketones is 1. The summed E-state index contributed by atoms with van der Waals surface area (Å²) in [5.41, 5.74) is 6.23. The van der Waals surface area contributed by atoms with Gasteiger partial charge in [-0.2, -0.15) is 0 Å². The predicted molar refractivity (Wildman–Crippen MR) is 147 cm³/mol. The summed E-state index contributed by atoms with van der Waals surface area (Å²) >= 11 is 1.35. The molecule has 0 spiro atoms. The average molecular weight is 570 g/mol. The van der Waals surface area contributed by atoms with Crippen LogP contribution in [0.4, 0.5) is 10.2 Å². The third-order valence-corrected chi connectivity index (χ3v) is 7.86. The lowest BCUT2D eigenvalue weighted by atomic mass is 9.66. The number of carbonyl (C=O) groups excluding carboxylic acids is 3. The molecular formula is C27H32FN7O4S. The summed E-state index contributed by atoms with van der Waals surface area (Å²) in [5.74, 6) is -1.75. The van der Waals surface area contributed by atoms with Gasteiger partial charge in [0.2, 0.25) is 0 Å². The van der Waals surface area contributed by atoms with Crippen molar-refractivity contribution in [1.82, 2.24) is 25.5 Å². The zero-order valence-corrected chi connectivity index (χ0v) is 23.2. The summed E-state index contributed by atoms with van der Waals surface area (Å²) in [4.78, 5) is 45.2. The Labute approximate surface area is 235 Å². The van der Waals surface area contributed by atoms with Crippen molar-refractivity contribution in [1.29, 1.82) is 0 Å². The number of Topliss-reactive ketones (excluding diaryl/α,β-unsaturated/α-hetero) is 1. The maximum absolute atomic E-state index is 14.4. The molecule has 11 nitrogen and oxygen atoms in total. The molecule has 0 bridgehead atoms. The molecular weight excluding hydrogens is 537 g/mol. The Morgan fingerprint density at radius 2 is 1.98 bits per heavy atom. The number of nitrogens with zero attached hydrogens (tertiary/aromatic N) is 4. The number of thiazole rings is 1. The molecule has 3 heterocycles. The van der Waals surface area contributed by atoms with Gasteiger partial charge >= 0.3 is 5.97 Å². The first-order chi connectivity index (χ1) is 19.2. The van der Waals surface area contributed by atoms with Crippen LogP contribution in [0.1, 0.15) is 50.1 Å². The average Bonchev–Trinajstić information content (AvgIpc) is 3.40. The van der Waals surface area contributed by atoms with Gasteiger partial charge in [-0.05, 0) is 44.0 Å². The van der Waals surface area contributed by atoms with Crippen LogP contribution in [0.15, 0.2) is 36.7 Å². The minimum absolute atomic E-state index is 0.0341. The zero-order valence-electron chi connectivity index (χ0n) is 22.4. The summed E-state index contributed by atoms with van der Waals surface area (Å²) in [6.07, 6.45) is 5.95. The van der Waals surface area contributed by atoms with E-state index >= 15 is 0 Å². The van der Waals surface area contributed by atoms with Crippen molar-refractivity contribution in [2.75, 3.05) is 18.5 Å². The molecule has 13 heteroatoms. The number of amides is 1. The molecule has 0 saturated heterocycles. The van der Waals surface area contributed by atoms with E-state index < -0.39 is 30.4 Å². The lowest BCUT2D eigenvalue weighted by Crippen LogP contribution is -2.42. The topological polar surface area (TPSA) is 162 Å². The monoisotopic (exact) mass is 569 g/mol. The smallest absolute Gasteiger partial charge is 0.309 e. The van der Waals surface area contributed by atoms with Crippen LogP contribution in [0.25, 0.3) is 10.7 Å². The van der Waals surface area contributed by atoms with Crippen LogP contribution in [-0.4, -0.2) is 57.0 Å². The number of esters is 1. The maximum Gasteiger partial charge on any atom is 0.309 e. The van der Waals surface area contributed by atoms with E-state index in [0.717, 1.165) is 24.1 Å². The van der Waals surface area contributed by atoms with Gasteiger partial charge in [-0.15, -0.1) is 21.5 Å². The lowest BCUT2D eigenvalue weighted by molar-refractivity contribution is -0.153. The van der Waals surface area contributed by atoms with Crippen molar-refractivity contribution in [3.63, 3.8) is 0 Å². The summed E-state index contributed by atoms with van der Waals surface area (Å²) in [5, 5.41) is 15.1. The summed E-state index contributed by atoms with van der Waals surface area (Å²) in [7, 11) is 0. The fraction of sp³-hybridized carbons (Fsp3) is 0.444. The van der Waals surface area contributed by atoms with E-state index in [2.05, 4.69) is 30.8 Å². The molecule has 4 rings (SSSR count). The molecule has 4 N–H and O–H groups in total. The Morgan fingerprint density at radius 1 is 1.18 bits per heavy atom. The number of hydrogen-bond donors (Lipinski definition) is 3. The van der Waals surface area contributed by atoms with E-state index in [4.69, 9.17) is 10.5 Å². The Bertz CT molecular complexity index is 1340. The SMILES string of the molecule is C[C@H](N)C(=O)C[C@@H](C)C(=O)OCC(=O)NCc1cnc(-c2ccc(NCC3(c4ncccc4F)CCC3)nn2)s1. The van der Waals surface area contributed by atoms with Crippen LogP contribution in [0, 0.1) is 11.7 Å². The number of ether oxygens (including phenoxy) is 1. The number of rotatable bonds is 13. The van der Waals surface area contributed by atoms with Crippen molar-refractivity contribution in [3.05, 3.63) is 53.0 Å². The number of nitrogens with two attached hydrogens (primary N) is 1. The molecule has 1 saturated carbocycles. The van der Waals surface area contributed by atoms with E-state index in [1.165, 1.54) is 17.4 Å². The summed E-state index contributed by atoms with van der Waals surface area (Å²) in [6, 6.07) is 5.97. The minimum atomic E-state index is -0.679. The van der Waals surface area contributed by atoms with Gasteiger partial charge in [-0.25, -0.2) is 9.37 Å². The number of aromatic nitrogens is 4. The van der Waals surface area contributed by atoms with E-state index in [1.807, 2.05) is 0 Å². The summed E-state index contributed by atoms with van der Waals surface area (Å²) < 4.78 is 19.4. The molecule has 1 aliphatic rings. The molecule has 1 aliphatic carbocycles. The van der Waals surface area contributed by atoms with Crippen LogP contribution in [0.5, 0.6) is 0 Å². The van der Waals surface area contributed by atoms with Gasteiger partial charge in [-0.3, -0.25) is 19.4 Å². The molecule has 212 valence electrons. The fourth-order valence-corrected chi connectivity index (χ4v) is 5.09. The highest BCUT2D eigenvalue weighted by Gasteiger charge is 2.41. The first kappa shape index (κ1) is 29.2. The van der Waals surface area contributed by atoms with Gasteiger partial charge in [0.25, 0.3) is 5.91 Å². The number of halogens is 1. The number of pyridine rings is 1. The molecule has 1 amide bonds. The van der Waals surface area contributed by atoms with Crippen LogP contribution in [0.2, 0.25) is 0 Å². The minimum Gasteiger partial charge on any atom is -0.455 e. The van der Waals surface area contributed by atoms with Gasteiger partial charge < -0.3 is 21.1 Å². The fourth-order valence-electron chi connectivity index (χ4n) is 4.27. The summed E-state index contributed by atoms with van der Waals surface area (Å²) in [6.45, 7) is 3.37. The predicted octanol–water partition coefficient (Wildman–Crippen LogP) is 2.77. The maximum atomic E-state index is 14.4. The normalized spacial score (nSPS) is 15.4. The molecule has 2 atom stereocenters. The third kappa shape index (κ3) is 7.21. The highest BCUT2D eigenvalue weighted by atomic mass is 32.1. The van der Waals surface area contributed by atoms with Crippen molar-refractivity contribution in [3.8, 4) is 10.7 Å². The second-order valence-corrected chi connectivity index (χ2v) is 11.1. The second-order valence-electron chi connectivity index (χ2n) is 10.0. The van der Waals surface area contributed by atoms with E-state index in [-0.39, 0.29) is 30.0 Å². The quantitative estimate of drug-likeness (QED) is 0.261. The molecule has 3 aromatic heterocycles. The molecule has 1 fully saturated rings. The standard InChI is InChI=1S/C27H32FN7O4S/c1-16(11-21(36)17(2)29)26(38)39-14-23(37)31-12-18-13-32-25(40-18)20-6-7-22(35-34-20)33-15-27(8-4-9-27)24-19(28)5-3-10-30-24/h3,5-7,10,13,16-17H,4,8-9,11-12,14-15,29H2,1-2H3,(H,31,37)(H,33,35)/t16-,17+/m1/s1. The van der Waals surface area contributed by atoms with E-state index in [0.29, 0.717) is 28.8 Å². The Balaban J connectivity index is 1.23. The largest absolute Gasteiger partial charge is 0.455 e. The van der Waals surface area contributed by atoms with Crippen LogP contribution in [0.3, 0.4) is 0 Å². The first-order valence-electron chi connectivity index (χ1n) is 13.0. The molecule has 0 unspecified atom stereocenters. The van der Waals surface area contributed by atoms with Crippen molar-refractivity contribution >= 4 is 34.8 Å². The van der Waals surface area contributed by atoms with Crippen LogP contribution in [-0.2, 0) is 31.1 Å². The van der Waals surface area contributed by atoms with Crippen LogP contribution >= 0.6 is 11.3 Å². The number of nitrogens with one attached hydrogen (secondary N) is 2. The number of carbonyl (C=O) groups is 3. The van der Waals surface area contributed by atoms with Crippen molar-refractivity contribution < 1.29 is 23.5 Å². The number of anilines is 1. The van der Waals surface area contributed by atoms with Gasteiger partial charge in [0.05, 0.1) is 24.2 Å². The van der Waals surface area contributed by atoms with Gasteiger partial charge in [0, 0.05) is 35.7 Å². The van der Waals surface area contributed by atoms with Gasteiger partial charge in [-0.1, -0.05) is 13.3 Å². The first-order valence-corrected chi connectivity index (χ1v) is 13.8. The number of hydrogen-bond acceptors (Lipinski definition) is 11. The second kappa shape index (κ2) is 13.0. The van der Waals surface area contributed by atoms with E-state index in [1.54, 1.807) is 44.4 Å². The zero-order chi connectivity index (χ0) is 28.7.